The van der Waals surface area contributed by atoms with Crippen LogP contribution in [0, 0.1) is 11.3 Å². The number of methoxy groups -OCH3 is 1. The fraction of sp³-hybridized carbons (Fsp3) is 0.846. The molecule has 0 atom stereocenters. The molecule has 0 aromatic rings. The van der Waals surface area contributed by atoms with Crippen LogP contribution in [0.15, 0.2) is 0 Å². The van der Waals surface area contributed by atoms with Crippen LogP contribution in [-0.4, -0.2) is 25.0 Å². The molecule has 17 heavy (non-hydrogen) atoms. The Bertz CT molecular complexity index is 286. The highest BCUT2D eigenvalue weighted by molar-refractivity contribution is 5.86. The van der Waals surface area contributed by atoms with Crippen LogP contribution in [0.2, 0.25) is 0 Å². The van der Waals surface area contributed by atoms with Gasteiger partial charge in [-0.25, -0.2) is 4.79 Å². The van der Waals surface area contributed by atoms with Crippen molar-refractivity contribution in [3.63, 3.8) is 0 Å². The molecule has 0 bridgehead atoms. The average molecular weight is 241 g/mol. The average Bonchev–Trinajstić information content (AvgIpc) is 2.27. The van der Waals surface area contributed by atoms with Crippen LogP contribution in [0.3, 0.4) is 0 Å². The number of alkyl carbamates (subject to hydrolysis) is 1. The third kappa shape index (κ3) is 4.02. The molecule has 1 saturated carbocycles. The summed E-state index contributed by atoms with van der Waals surface area (Å²) in [4.78, 5) is 23.1. The topological polar surface area (TPSA) is 55.4 Å². The van der Waals surface area contributed by atoms with Gasteiger partial charge in [0.2, 0.25) is 0 Å². The van der Waals surface area contributed by atoms with Gasteiger partial charge in [-0.05, 0) is 25.7 Å². The third-order valence-corrected chi connectivity index (χ3v) is 3.34. The summed E-state index contributed by atoms with van der Waals surface area (Å²) >= 11 is 0. The van der Waals surface area contributed by atoms with Gasteiger partial charge in [0, 0.05) is 17.4 Å². The lowest BCUT2D eigenvalue weighted by molar-refractivity contribution is -0.131. The van der Waals surface area contributed by atoms with Gasteiger partial charge in [0.05, 0.1) is 7.11 Å². The first-order chi connectivity index (χ1) is 7.84. The summed E-state index contributed by atoms with van der Waals surface area (Å²) in [5.74, 6) is 0.500. The van der Waals surface area contributed by atoms with Crippen molar-refractivity contribution >= 4 is 11.9 Å². The number of nitrogens with one attached hydrogen (secondary N) is 1. The highest BCUT2D eigenvalue weighted by Crippen LogP contribution is 2.31. The molecule has 0 aliphatic heterocycles. The molecule has 1 amide bonds. The molecule has 0 unspecified atom stereocenters. The summed E-state index contributed by atoms with van der Waals surface area (Å²) in [5.41, 5.74) is -0.257. The smallest absolute Gasteiger partial charge is 0.407 e. The first-order valence-electron chi connectivity index (χ1n) is 6.23. The first kappa shape index (κ1) is 14.0. The van der Waals surface area contributed by atoms with Gasteiger partial charge in [-0.3, -0.25) is 4.79 Å². The van der Waals surface area contributed by atoms with E-state index in [9.17, 15) is 9.59 Å². The van der Waals surface area contributed by atoms with Gasteiger partial charge in [0.1, 0.15) is 5.78 Å². The van der Waals surface area contributed by atoms with E-state index in [-0.39, 0.29) is 23.5 Å². The van der Waals surface area contributed by atoms with E-state index in [1.165, 1.54) is 7.11 Å². The second-order valence-electron chi connectivity index (χ2n) is 5.80. The molecule has 4 heteroatoms. The fourth-order valence-corrected chi connectivity index (χ4v) is 2.34. The van der Waals surface area contributed by atoms with E-state index < -0.39 is 0 Å². The molecule has 0 aromatic heterocycles. The third-order valence-electron chi connectivity index (χ3n) is 3.34. The Labute approximate surface area is 103 Å². The largest absolute Gasteiger partial charge is 0.453 e. The van der Waals surface area contributed by atoms with Gasteiger partial charge in [0.15, 0.2) is 0 Å². The summed E-state index contributed by atoms with van der Waals surface area (Å²) in [7, 11) is 1.37. The van der Waals surface area contributed by atoms with Crippen molar-refractivity contribution < 1.29 is 14.3 Å². The maximum Gasteiger partial charge on any atom is 0.407 e. The van der Waals surface area contributed by atoms with Crippen LogP contribution >= 0.6 is 0 Å². The van der Waals surface area contributed by atoms with E-state index in [1.54, 1.807) is 0 Å². The van der Waals surface area contributed by atoms with E-state index in [1.807, 2.05) is 20.8 Å². The number of rotatable bonds is 2. The number of ether oxygens (including phenoxy) is 1. The molecule has 98 valence electrons. The van der Waals surface area contributed by atoms with Gasteiger partial charge in [-0.1, -0.05) is 20.8 Å². The summed E-state index contributed by atoms with van der Waals surface area (Å²) in [6.07, 6.45) is 3.08. The van der Waals surface area contributed by atoms with Gasteiger partial charge in [0.25, 0.3) is 0 Å². The second-order valence-corrected chi connectivity index (χ2v) is 5.80. The van der Waals surface area contributed by atoms with Crippen LogP contribution in [0.25, 0.3) is 0 Å². The zero-order chi connectivity index (χ0) is 13.1. The molecule has 0 heterocycles. The standard InChI is InChI=1S/C13H23NO3/c1-13(2,3)11(15)9-5-7-10(8-6-9)14-12(16)17-4/h9-10H,5-8H2,1-4H3,(H,14,16). The Hall–Kier alpha value is -1.06. The maximum atomic E-state index is 12.1. The summed E-state index contributed by atoms with van der Waals surface area (Å²) in [6.45, 7) is 5.90. The number of hydrogen-bond acceptors (Lipinski definition) is 3. The minimum absolute atomic E-state index is 0.158. The van der Waals surface area contributed by atoms with Gasteiger partial charge >= 0.3 is 6.09 Å². The Kier molecular flexibility index (Phi) is 4.54. The molecule has 1 aliphatic carbocycles. The Balaban J connectivity index is 2.41. The van der Waals surface area contributed by atoms with Gasteiger partial charge in [-0.2, -0.15) is 0 Å². The lowest BCUT2D eigenvalue weighted by atomic mass is 9.75. The SMILES string of the molecule is COC(=O)NC1CCC(C(=O)C(C)(C)C)CC1. The van der Waals surface area contributed by atoms with Crippen LogP contribution < -0.4 is 5.32 Å². The Morgan fingerprint density at radius 1 is 1.12 bits per heavy atom. The van der Waals surface area contributed by atoms with Crippen molar-refractivity contribution in [1.82, 2.24) is 5.32 Å². The molecule has 1 fully saturated rings. The molecular formula is C13H23NO3. The molecule has 0 saturated heterocycles. The van der Waals surface area contributed by atoms with Gasteiger partial charge < -0.3 is 10.1 Å². The lowest BCUT2D eigenvalue weighted by Gasteiger charge is -2.31. The number of carbonyl (C=O) groups excluding carboxylic acids is 2. The van der Waals surface area contributed by atoms with Crippen LogP contribution in [0.5, 0.6) is 0 Å². The molecule has 1 rings (SSSR count). The minimum atomic E-state index is -0.379. The number of ketones is 1. The van der Waals surface area contributed by atoms with Crippen LogP contribution in [0.4, 0.5) is 4.79 Å². The molecule has 0 aromatic carbocycles. The molecular weight excluding hydrogens is 218 g/mol. The van der Waals surface area contributed by atoms with E-state index in [2.05, 4.69) is 10.1 Å². The Morgan fingerprint density at radius 2 is 1.65 bits per heavy atom. The number of carbonyl (C=O) groups is 2. The van der Waals surface area contributed by atoms with Crippen LogP contribution in [0.1, 0.15) is 46.5 Å². The van der Waals surface area contributed by atoms with E-state index in [0.717, 1.165) is 25.7 Å². The summed E-state index contributed by atoms with van der Waals surface area (Å²) < 4.78 is 4.56. The first-order valence-corrected chi connectivity index (χ1v) is 6.23. The number of hydrogen-bond donors (Lipinski definition) is 1. The monoisotopic (exact) mass is 241 g/mol. The van der Waals surface area contributed by atoms with Crippen molar-refractivity contribution in [2.24, 2.45) is 11.3 Å². The van der Waals surface area contributed by atoms with Crippen molar-refractivity contribution in [1.29, 1.82) is 0 Å². The maximum absolute atomic E-state index is 12.1. The predicted octanol–water partition coefficient (Wildman–Crippen LogP) is 2.52. The van der Waals surface area contributed by atoms with E-state index in [4.69, 9.17) is 0 Å². The van der Waals surface area contributed by atoms with Crippen LogP contribution in [-0.2, 0) is 9.53 Å². The van der Waals surface area contributed by atoms with Gasteiger partial charge in [-0.15, -0.1) is 0 Å². The Morgan fingerprint density at radius 3 is 2.06 bits per heavy atom. The quantitative estimate of drug-likeness (QED) is 0.808. The summed E-state index contributed by atoms with van der Waals surface area (Å²) in [6, 6.07) is 0.159. The zero-order valence-corrected chi connectivity index (χ0v) is 11.2. The van der Waals surface area contributed by atoms with Crippen molar-refractivity contribution in [3.05, 3.63) is 0 Å². The van der Waals surface area contributed by atoms with E-state index in [0.29, 0.717) is 5.78 Å². The predicted molar refractivity (Wildman–Crippen MR) is 65.7 cm³/mol. The highest BCUT2D eigenvalue weighted by atomic mass is 16.5. The molecule has 0 spiro atoms. The lowest BCUT2D eigenvalue weighted by Crippen LogP contribution is -2.40. The molecule has 0 radical (unpaired) electrons. The second kappa shape index (κ2) is 5.52. The molecule has 1 aliphatic rings. The van der Waals surface area contributed by atoms with Crippen molar-refractivity contribution in [2.45, 2.75) is 52.5 Å². The normalized spacial score (nSPS) is 25.2. The number of amides is 1. The van der Waals surface area contributed by atoms with Crippen molar-refractivity contribution in [2.75, 3.05) is 7.11 Å². The highest BCUT2D eigenvalue weighted by Gasteiger charge is 2.33. The van der Waals surface area contributed by atoms with E-state index >= 15 is 0 Å². The fourth-order valence-electron chi connectivity index (χ4n) is 2.34. The molecule has 1 N–H and O–H groups in total. The number of Topliss-reactive ketones (excluding diaryl/α,β-unsaturated/α-hetero) is 1. The molecule has 4 nitrogen and oxygen atoms in total. The zero-order valence-electron chi connectivity index (χ0n) is 11.2. The van der Waals surface area contributed by atoms with Crippen molar-refractivity contribution in [3.8, 4) is 0 Å². The minimum Gasteiger partial charge on any atom is -0.453 e. The summed E-state index contributed by atoms with van der Waals surface area (Å²) in [5, 5.41) is 2.79.